The number of rotatable bonds is 5. The van der Waals surface area contributed by atoms with Gasteiger partial charge >= 0.3 is 0 Å². The number of anilines is 1. The largest absolute Gasteiger partial charge is 0.370 e. The number of hydrogen-bond acceptors (Lipinski definition) is 3. The molecule has 1 saturated heterocycles. The SMILES string of the molecule is CN1CCN(Cc2ccc(CN=C(N)Nc3cccc4c3CCCC4)cc2)CC1.I. The van der Waals surface area contributed by atoms with Gasteiger partial charge < -0.3 is 16.0 Å². The topological polar surface area (TPSA) is 56.9 Å². The molecule has 0 radical (unpaired) electrons. The Morgan fingerprint density at radius 3 is 2.43 bits per heavy atom. The molecule has 1 heterocycles. The number of aliphatic imine (C=N–C) groups is 1. The summed E-state index contributed by atoms with van der Waals surface area (Å²) in [6.45, 7) is 6.23. The standard InChI is InChI=1S/C24H33N5.HI/c1-28-13-15-29(16-14-28)18-20-11-9-19(10-12-20)17-26-24(25)27-23-8-4-6-21-5-2-3-7-22(21)23;/h4,6,8-12H,2-3,5,7,13-18H2,1H3,(H3,25,26,27);1H. The van der Waals surface area contributed by atoms with Gasteiger partial charge in [-0.25, -0.2) is 4.99 Å². The monoisotopic (exact) mass is 519 g/mol. The zero-order valence-electron chi connectivity index (χ0n) is 17.9. The summed E-state index contributed by atoms with van der Waals surface area (Å²) in [6, 6.07) is 15.2. The second-order valence-corrected chi connectivity index (χ2v) is 8.37. The minimum Gasteiger partial charge on any atom is -0.370 e. The summed E-state index contributed by atoms with van der Waals surface area (Å²) in [4.78, 5) is 9.47. The Balaban J connectivity index is 0.00000256. The van der Waals surface area contributed by atoms with Crippen LogP contribution in [0.15, 0.2) is 47.5 Å². The molecular formula is C24H34IN5. The lowest BCUT2D eigenvalue weighted by atomic mass is 9.90. The smallest absolute Gasteiger partial charge is 0.193 e. The molecule has 0 amide bonds. The Labute approximate surface area is 197 Å². The zero-order chi connectivity index (χ0) is 20.1. The van der Waals surface area contributed by atoms with Gasteiger partial charge in [0, 0.05) is 38.4 Å². The molecule has 0 unspecified atom stereocenters. The van der Waals surface area contributed by atoms with E-state index in [0.29, 0.717) is 12.5 Å². The summed E-state index contributed by atoms with van der Waals surface area (Å²) in [6.07, 6.45) is 4.83. The van der Waals surface area contributed by atoms with Crippen LogP contribution in [-0.2, 0) is 25.9 Å². The molecule has 1 aliphatic carbocycles. The van der Waals surface area contributed by atoms with Crippen LogP contribution < -0.4 is 11.1 Å². The molecule has 0 saturated carbocycles. The number of aryl methyl sites for hydroxylation is 1. The lowest BCUT2D eigenvalue weighted by Gasteiger charge is -2.32. The lowest BCUT2D eigenvalue weighted by molar-refractivity contribution is 0.148. The Kier molecular flexibility index (Phi) is 8.53. The number of hydrogen-bond donors (Lipinski definition) is 2. The van der Waals surface area contributed by atoms with Crippen molar-refractivity contribution < 1.29 is 0 Å². The maximum absolute atomic E-state index is 6.18. The van der Waals surface area contributed by atoms with Crippen LogP contribution in [0.3, 0.4) is 0 Å². The van der Waals surface area contributed by atoms with E-state index in [1.807, 2.05) is 0 Å². The summed E-state index contributed by atoms with van der Waals surface area (Å²) in [7, 11) is 2.19. The number of nitrogens with two attached hydrogens (primary N) is 1. The van der Waals surface area contributed by atoms with Gasteiger partial charge in [-0.15, -0.1) is 24.0 Å². The maximum atomic E-state index is 6.18. The molecule has 0 bridgehead atoms. The minimum absolute atomic E-state index is 0. The van der Waals surface area contributed by atoms with Crippen molar-refractivity contribution in [2.45, 2.75) is 38.8 Å². The van der Waals surface area contributed by atoms with Crippen LogP contribution in [0.1, 0.15) is 35.1 Å². The number of benzene rings is 2. The van der Waals surface area contributed by atoms with E-state index in [-0.39, 0.29) is 24.0 Å². The molecule has 1 fully saturated rings. The molecule has 2 aromatic carbocycles. The van der Waals surface area contributed by atoms with Crippen molar-refractivity contribution in [3.05, 3.63) is 64.7 Å². The molecule has 6 heteroatoms. The summed E-state index contributed by atoms with van der Waals surface area (Å²) in [5, 5.41) is 3.33. The van der Waals surface area contributed by atoms with Crippen molar-refractivity contribution in [2.24, 2.45) is 10.7 Å². The average molecular weight is 519 g/mol. The van der Waals surface area contributed by atoms with Crippen LogP contribution in [0, 0.1) is 0 Å². The van der Waals surface area contributed by atoms with Gasteiger partial charge in [-0.2, -0.15) is 0 Å². The molecule has 0 spiro atoms. The quantitative estimate of drug-likeness (QED) is 0.358. The van der Waals surface area contributed by atoms with Crippen molar-refractivity contribution in [3.8, 4) is 0 Å². The fourth-order valence-electron chi connectivity index (χ4n) is 4.27. The van der Waals surface area contributed by atoms with Crippen LogP contribution in [0.5, 0.6) is 0 Å². The van der Waals surface area contributed by atoms with E-state index in [1.165, 1.54) is 41.5 Å². The second-order valence-electron chi connectivity index (χ2n) is 8.37. The number of piperazine rings is 1. The average Bonchev–Trinajstić information content (AvgIpc) is 2.75. The molecule has 4 rings (SSSR count). The first-order valence-electron chi connectivity index (χ1n) is 10.8. The Bertz CT molecular complexity index is 841. The van der Waals surface area contributed by atoms with E-state index in [4.69, 9.17) is 5.73 Å². The zero-order valence-corrected chi connectivity index (χ0v) is 20.3. The van der Waals surface area contributed by atoms with Gasteiger partial charge in [0.2, 0.25) is 0 Å². The first-order chi connectivity index (χ1) is 14.2. The van der Waals surface area contributed by atoms with E-state index in [2.05, 4.69) is 69.6 Å². The number of nitrogens with one attached hydrogen (secondary N) is 1. The summed E-state index contributed by atoms with van der Waals surface area (Å²) >= 11 is 0. The molecule has 0 aromatic heterocycles. The van der Waals surface area contributed by atoms with Gasteiger partial charge in [-0.3, -0.25) is 4.90 Å². The van der Waals surface area contributed by atoms with Gasteiger partial charge in [0.25, 0.3) is 0 Å². The molecule has 2 aliphatic rings. The highest BCUT2D eigenvalue weighted by atomic mass is 127. The van der Waals surface area contributed by atoms with Crippen molar-refractivity contribution in [1.29, 1.82) is 0 Å². The Morgan fingerprint density at radius 2 is 1.67 bits per heavy atom. The maximum Gasteiger partial charge on any atom is 0.193 e. The van der Waals surface area contributed by atoms with Gasteiger partial charge in [-0.05, 0) is 61.1 Å². The highest BCUT2D eigenvalue weighted by Crippen LogP contribution is 2.27. The highest BCUT2D eigenvalue weighted by Gasteiger charge is 2.14. The molecule has 2 aromatic rings. The van der Waals surface area contributed by atoms with E-state index in [1.54, 1.807) is 0 Å². The molecule has 0 atom stereocenters. The molecule has 3 N–H and O–H groups in total. The molecule has 162 valence electrons. The van der Waals surface area contributed by atoms with E-state index < -0.39 is 0 Å². The first kappa shape index (κ1) is 23.0. The summed E-state index contributed by atoms with van der Waals surface area (Å²) in [5.74, 6) is 0.491. The number of guanidine groups is 1. The molecule has 1 aliphatic heterocycles. The van der Waals surface area contributed by atoms with Crippen molar-refractivity contribution in [1.82, 2.24) is 9.80 Å². The van der Waals surface area contributed by atoms with Crippen LogP contribution in [-0.4, -0.2) is 49.0 Å². The number of halogens is 1. The third-order valence-electron chi connectivity index (χ3n) is 6.12. The van der Waals surface area contributed by atoms with E-state index in [9.17, 15) is 0 Å². The van der Waals surface area contributed by atoms with Gasteiger partial charge in [0.1, 0.15) is 0 Å². The first-order valence-corrected chi connectivity index (χ1v) is 10.8. The number of fused-ring (bicyclic) bond motifs is 1. The van der Waals surface area contributed by atoms with Crippen molar-refractivity contribution in [2.75, 3.05) is 38.5 Å². The second kappa shape index (κ2) is 11.1. The van der Waals surface area contributed by atoms with Crippen molar-refractivity contribution in [3.63, 3.8) is 0 Å². The minimum atomic E-state index is 0. The predicted molar refractivity (Wildman–Crippen MR) is 137 cm³/mol. The number of likely N-dealkylation sites (N-methyl/N-ethyl adjacent to an activating group) is 1. The third-order valence-corrected chi connectivity index (χ3v) is 6.12. The Morgan fingerprint density at radius 1 is 0.967 bits per heavy atom. The van der Waals surface area contributed by atoms with Gasteiger partial charge in [0.15, 0.2) is 5.96 Å². The fraction of sp³-hybridized carbons (Fsp3) is 0.458. The van der Waals surface area contributed by atoms with Crippen LogP contribution in [0.4, 0.5) is 5.69 Å². The fourth-order valence-corrected chi connectivity index (χ4v) is 4.27. The highest BCUT2D eigenvalue weighted by molar-refractivity contribution is 14.0. The van der Waals surface area contributed by atoms with Crippen LogP contribution in [0.25, 0.3) is 0 Å². The van der Waals surface area contributed by atoms with Crippen molar-refractivity contribution >= 4 is 35.6 Å². The van der Waals surface area contributed by atoms with E-state index >= 15 is 0 Å². The van der Waals surface area contributed by atoms with Crippen LogP contribution in [0.2, 0.25) is 0 Å². The normalized spacial score (nSPS) is 17.8. The summed E-state index contributed by atoms with van der Waals surface area (Å²) < 4.78 is 0. The lowest BCUT2D eigenvalue weighted by Crippen LogP contribution is -2.43. The summed E-state index contributed by atoms with van der Waals surface area (Å²) in [5.41, 5.74) is 12.7. The molecular weight excluding hydrogens is 485 g/mol. The van der Waals surface area contributed by atoms with Crippen LogP contribution >= 0.6 is 24.0 Å². The van der Waals surface area contributed by atoms with E-state index in [0.717, 1.165) is 44.8 Å². The molecule has 30 heavy (non-hydrogen) atoms. The third kappa shape index (κ3) is 6.18. The van der Waals surface area contributed by atoms with Gasteiger partial charge in [-0.1, -0.05) is 36.4 Å². The Hall–Kier alpha value is -1.64. The molecule has 5 nitrogen and oxygen atoms in total. The van der Waals surface area contributed by atoms with Gasteiger partial charge in [0.05, 0.1) is 6.54 Å². The number of nitrogens with zero attached hydrogens (tertiary/aromatic N) is 3. The predicted octanol–water partition coefficient (Wildman–Crippen LogP) is 3.86.